The molecule has 0 bridgehead atoms. The minimum atomic E-state index is 0.402. The number of hydrogen-bond acceptors (Lipinski definition) is 0. The highest BCUT2D eigenvalue weighted by atomic mass is 14.4. The van der Waals surface area contributed by atoms with Crippen molar-refractivity contribution in [3.63, 3.8) is 0 Å². The van der Waals surface area contributed by atoms with E-state index in [1.807, 2.05) is 0 Å². The summed E-state index contributed by atoms with van der Waals surface area (Å²) < 4.78 is 0. The highest BCUT2D eigenvalue weighted by Crippen LogP contribution is 2.43. The van der Waals surface area contributed by atoms with Crippen molar-refractivity contribution in [2.24, 2.45) is 17.3 Å². The van der Waals surface area contributed by atoms with E-state index in [1.54, 1.807) is 0 Å². The van der Waals surface area contributed by atoms with E-state index in [-0.39, 0.29) is 0 Å². The molecular formula is C13H22. The van der Waals surface area contributed by atoms with Gasteiger partial charge in [0, 0.05) is 0 Å². The molecule has 1 rings (SSSR count). The van der Waals surface area contributed by atoms with Gasteiger partial charge < -0.3 is 0 Å². The van der Waals surface area contributed by atoms with Gasteiger partial charge >= 0.3 is 0 Å². The SMILES string of the molecule is CC1=CCC(C(C)C)(C(C)C)C=C1. The third kappa shape index (κ3) is 1.87. The molecule has 0 radical (unpaired) electrons. The maximum atomic E-state index is 2.43. The molecule has 0 saturated carbocycles. The average Bonchev–Trinajstić information content (AvgIpc) is 2.04. The second kappa shape index (κ2) is 3.69. The summed E-state index contributed by atoms with van der Waals surface area (Å²) in [5.41, 5.74) is 1.82. The fraction of sp³-hybridized carbons (Fsp3) is 0.692. The van der Waals surface area contributed by atoms with Gasteiger partial charge in [-0.25, -0.2) is 0 Å². The first-order valence-corrected chi connectivity index (χ1v) is 5.35. The Balaban J connectivity index is 2.91. The van der Waals surface area contributed by atoms with Crippen LogP contribution in [-0.4, -0.2) is 0 Å². The topological polar surface area (TPSA) is 0 Å². The van der Waals surface area contributed by atoms with Crippen molar-refractivity contribution in [2.75, 3.05) is 0 Å². The molecule has 0 atom stereocenters. The Bertz CT molecular complexity index is 220. The van der Waals surface area contributed by atoms with Crippen molar-refractivity contribution in [3.05, 3.63) is 23.8 Å². The maximum absolute atomic E-state index is 2.43. The molecule has 0 nitrogen and oxygen atoms in total. The molecule has 0 aromatic rings. The van der Waals surface area contributed by atoms with Crippen molar-refractivity contribution in [3.8, 4) is 0 Å². The van der Waals surface area contributed by atoms with Crippen LogP contribution in [0.3, 0.4) is 0 Å². The Morgan fingerprint density at radius 2 is 1.69 bits per heavy atom. The van der Waals surface area contributed by atoms with E-state index >= 15 is 0 Å². The molecule has 0 amide bonds. The fourth-order valence-corrected chi connectivity index (χ4v) is 2.28. The molecule has 0 heterocycles. The second-order valence-corrected chi connectivity index (χ2v) is 4.91. The van der Waals surface area contributed by atoms with Crippen LogP contribution < -0.4 is 0 Å². The standard InChI is InChI=1S/C13H22/c1-10(2)13(11(3)4)8-6-12(5)7-9-13/h6-8,10-11H,9H2,1-5H3. The van der Waals surface area contributed by atoms with Crippen molar-refractivity contribution in [1.82, 2.24) is 0 Å². The van der Waals surface area contributed by atoms with E-state index in [0.717, 1.165) is 11.8 Å². The third-order valence-electron chi connectivity index (χ3n) is 3.58. The van der Waals surface area contributed by atoms with Gasteiger partial charge in [-0.15, -0.1) is 0 Å². The number of allylic oxidation sites excluding steroid dienone is 4. The summed E-state index contributed by atoms with van der Waals surface area (Å²) in [5.74, 6) is 1.46. The Kier molecular flexibility index (Phi) is 3.00. The van der Waals surface area contributed by atoms with Gasteiger partial charge in [-0.05, 0) is 30.6 Å². The lowest BCUT2D eigenvalue weighted by atomic mass is 9.65. The fourth-order valence-electron chi connectivity index (χ4n) is 2.28. The molecule has 0 fully saturated rings. The van der Waals surface area contributed by atoms with Gasteiger partial charge in [-0.3, -0.25) is 0 Å². The lowest BCUT2D eigenvalue weighted by Gasteiger charge is -2.40. The van der Waals surface area contributed by atoms with Crippen molar-refractivity contribution in [2.45, 2.75) is 41.0 Å². The van der Waals surface area contributed by atoms with Crippen molar-refractivity contribution in [1.29, 1.82) is 0 Å². The molecule has 0 unspecified atom stereocenters. The Labute approximate surface area is 82.7 Å². The Morgan fingerprint density at radius 1 is 1.15 bits per heavy atom. The van der Waals surface area contributed by atoms with Crippen LogP contribution in [0.25, 0.3) is 0 Å². The first-order valence-electron chi connectivity index (χ1n) is 5.35. The summed E-state index contributed by atoms with van der Waals surface area (Å²) in [7, 11) is 0. The second-order valence-electron chi connectivity index (χ2n) is 4.91. The highest BCUT2D eigenvalue weighted by molar-refractivity contribution is 5.25. The van der Waals surface area contributed by atoms with E-state index in [0.29, 0.717) is 5.41 Å². The van der Waals surface area contributed by atoms with Gasteiger partial charge in [0.25, 0.3) is 0 Å². The zero-order valence-corrected chi connectivity index (χ0v) is 9.59. The van der Waals surface area contributed by atoms with Gasteiger partial charge in [-0.1, -0.05) is 51.5 Å². The Hall–Kier alpha value is -0.520. The van der Waals surface area contributed by atoms with Gasteiger partial charge in [0.15, 0.2) is 0 Å². The smallest absolute Gasteiger partial charge is 0.00344 e. The summed E-state index contributed by atoms with van der Waals surface area (Å²) >= 11 is 0. The van der Waals surface area contributed by atoms with E-state index in [4.69, 9.17) is 0 Å². The molecular weight excluding hydrogens is 156 g/mol. The van der Waals surface area contributed by atoms with Gasteiger partial charge in [0.2, 0.25) is 0 Å². The average molecular weight is 178 g/mol. The molecule has 0 heteroatoms. The largest absolute Gasteiger partial charge is 0.0807 e. The van der Waals surface area contributed by atoms with E-state index in [2.05, 4.69) is 52.8 Å². The normalized spacial score (nSPS) is 21.0. The molecule has 0 aliphatic heterocycles. The predicted molar refractivity (Wildman–Crippen MR) is 59.6 cm³/mol. The van der Waals surface area contributed by atoms with Crippen molar-refractivity contribution < 1.29 is 0 Å². The summed E-state index contributed by atoms with van der Waals surface area (Å²) in [6.07, 6.45) is 8.30. The monoisotopic (exact) mass is 178 g/mol. The first kappa shape index (κ1) is 10.6. The quantitative estimate of drug-likeness (QED) is 0.594. The van der Waals surface area contributed by atoms with Crippen LogP contribution in [0.5, 0.6) is 0 Å². The van der Waals surface area contributed by atoms with Crippen LogP contribution in [0.2, 0.25) is 0 Å². The summed E-state index contributed by atoms with van der Waals surface area (Å²) in [5, 5.41) is 0. The van der Waals surface area contributed by atoms with E-state index in [9.17, 15) is 0 Å². The molecule has 0 aromatic heterocycles. The third-order valence-corrected chi connectivity index (χ3v) is 3.58. The summed E-state index contributed by atoms with van der Waals surface area (Å²) in [6, 6.07) is 0. The van der Waals surface area contributed by atoms with Gasteiger partial charge in [-0.2, -0.15) is 0 Å². The summed E-state index contributed by atoms with van der Waals surface area (Å²) in [6.45, 7) is 11.5. The molecule has 74 valence electrons. The van der Waals surface area contributed by atoms with Crippen molar-refractivity contribution >= 4 is 0 Å². The lowest BCUT2D eigenvalue weighted by Crippen LogP contribution is -2.31. The molecule has 0 spiro atoms. The van der Waals surface area contributed by atoms with Crippen LogP contribution in [0.4, 0.5) is 0 Å². The minimum Gasteiger partial charge on any atom is -0.0807 e. The lowest BCUT2D eigenvalue weighted by molar-refractivity contribution is 0.180. The molecule has 13 heavy (non-hydrogen) atoms. The number of hydrogen-bond donors (Lipinski definition) is 0. The number of rotatable bonds is 2. The zero-order valence-electron chi connectivity index (χ0n) is 9.59. The molecule has 1 aliphatic carbocycles. The molecule has 1 aliphatic rings. The van der Waals surface area contributed by atoms with Crippen LogP contribution in [0.1, 0.15) is 41.0 Å². The zero-order chi connectivity index (χ0) is 10.1. The Morgan fingerprint density at radius 3 is 2.00 bits per heavy atom. The van der Waals surface area contributed by atoms with Gasteiger partial charge in [0.05, 0.1) is 0 Å². The van der Waals surface area contributed by atoms with E-state index < -0.39 is 0 Å². The van der Waals surface area contributed by atoms with Gasteiger partial charge in [0.1, 0.15) is 0 Å². The minimum absolute atomic E-state index is 0.402. The highest BCUT2D eigenvalue weighted by Gasteiger charge is 2.34. The van der Waals surface area contributed by atoms with Crippen LogP contribution in [0, 0.1) is 17.3 Å². The molecule has 0 aromatic carbocycles. The summed E-state index contributed by atoms with van der Waals surface area (Å²) in [4.78, 5) is 0. The molecule has 0 N–H and O–H groups in total. The van der Waals surface area contributed by atoms with Crippen LogP contribution in [-0.2, 0) is 0 Å². The maximum Gasteiger partial charge on any atom is -0.00344 e. The van der Waals surface area contributed by atoms with E-state index in [1.165, 1.54) is 12.0 Å². The molecule has 0 saturated heterocycles. The van der Waals surface area contributed by atoms with Crippen LogP contribution >= 0.6 is 0 Å². The van der Waals surface area contributed by atoms with Crippen LogP contribution in [0.15, 0.2) is 23.8 Å². The predicted octanol–water partition coefficient (Wildman–Crippen LogP) is 4.19. The first-order chi connectivity index (χ1) is 5.99.